The van der Waals surface area contributed by atoms with Gasteiger partial charge >= 0.3 is 11.7 Å². The predicted molar refractivity (Wildman–Crippen MR) is 118 cm³/mol. The molecule has 0 aliphatic carbocycles. The fourth-order valence-electron chi connectivity index (χ4n) is 3.59. The summed E-state index contributed by atoms with van der Waals surface area (Å²) in [4.78, 5) is 35.7. The van der Waals surface area contributed by atoms with E-state index in [1.807, 2.05) is 24.3 Å². The number of carboxylic acids is 1. The molecule has 0 radical (unpaired) electrons. The molecule has 3 aromatic rings. The fraction of sp³-hybridized carbons (Fsp3) is 0.292. The Labute approximate surface area is 184 Å². The number of aliphatic hydroxyl groups excluding tert-OH is 1. The van der Waals surface area contributed by atoms with Crippen molar-refractivity contribution in [2.45, 2.75) is 31.9 Å². The summed E-state index contributed by atoms with van der Waals surface area (Å²) in [5.41, 5.74) is 1.69. The molecule has 0 aliphatic rings. The Morgan fingerprint density at radius 1 is 0.969 bits per heavy atom. The number of halogens is 1. The first kappa shape index (κ1) is 23.1. The minimum Gasteiger partial charge on any atom is -0.481 e. The van der Waals surface area contributed by atoms with E-state index in [2.05, 4.69) is 0 Å². The van der Waals surface area contributed by atoms with Gasteiger partial charge in [0.25, 0.3) is 5.56 Å². The highest BCUT2D eigenvalue weighted by Crippen LogP contribution is 2.22. The molecule has 0 bridgehead atoms. The average Bonchev–Trinajstić information content (AvgIpc) is 2.78. The van der Waals surface area contributed by atoms with Gasteiger partial charge < -0.3 is 14.8 Å². The monoisotopic (exact) mass is 440 g/mol. The lowest BCUT2D eigenvalue weighted by molar-refractivity contribution is -0.146. The van der Waals surface area contributed by atoms with E-state index in [0.29, 0.717) is 6.42 Å². The van der Waals surface area contributed by atoms with Crippen LogP contribution in [0.2, 0.25) is 0 Å². The summed E-state index contributed by atoms with van der Waals surface area (Å²) in [6, 6.07) is 15.0. The number of carbonyl (C=O) groups is 1. The maximum atomic E-state index is 13.1. The summed E-state index contributed by atoms with van der Waals surface area (Å²) in [6.45, 7) is -0.0905. The zero-order chi connectivity index (χ0) is 23.3. The lowest BCUT2D eigenvalue weighted by atomic mass is 9.93. The van der Waals surface area contributed by atoms with Crippen molar-refractivity contribution in [1.29, 1.82) is 0 Å². The van der Waals surface area contributed by atoms with Gasteiger partial charge in [-0.3, -0.25) is 14.2 Å². The minimum atomic E-state index is -1.18. The third-order valence-corrected chi connectivity index (χ3v) is 5.55. The molecular formula is C24H25FN2O5. The Morgan fingerprint density at radius 2 is 1.56 bits per heavy atom. The van der Waals surface area contributed by atoms with E-state index < -0.39 is 29.2 Å². The second kappa shape index (κ2) is 10.2. The van der Waals surface area contributed by atoms with E-state index in [9.17, 15) is 29.0 Å². The van der Waals surface area contributed by atoms with Gasteiger partial charge in [-0.1, -0.05) is 36.4 Å². The van der Waals surface area contributed by atoms with Crippen molar-refractivity contribution in [2.24, 2.45) is 13.0 Å². The smallest absolute Gasteiger partial charge is 0.330 e. The van der Waals surface area contributed by atoms with Crippen LogP contribution in [0.3, 0.4) is 0 Å². The first-order chi connectivity index (χ1) is 15.3. The third kappa shape index (κ3) is 5.59. The van der Waals surface area contributed by atoms with Gasteiger partial charge in [0.15, 0.2) is 0 Å². The van der Waals surface area contributed by atoms with Gasteiger partial charge in [-0.05, 0) is 48.1 Å². The van der Waals surface area contributed by atoms with E-state index >= 15 is 0 Å². The molecule has 0 aliphatic heterocycles. The molecule has 2 N–H and O–H groups in total. The van der Waals surface area contributed by atoms with Crippen LogP contribution in [0.4, 0.5) is 4.39 Å². The molecule has 168 valence electrons. The summed E-state index contributed by atoms with van der Waals surface area (Å²) >= 11 is 0. The molecule has 1 heterocycles. The van der Waals surface area contributed by atoms with Crippen molar-refractivity contribution in [2.75, 3.05) is 0 Å². The molecule has 0 saturated heterocycles. The Bertz CT molecular complexity index is 1180. The highest BCUT2D eigenvalue weighted by atomic mass is 19.1. The molecule has 0 saturated carbocycles. The van der Waals surface area contributed by atoms with E-state index in [4.69, 9.17) is 0 Å². The second-order valence-corrected chi connectivity index (χ2v) is 7.74. The SMILES string of the molecule is Cn1ccc(=O)n(CCC(C(=O)O)C(O)CCc2ccc(-c3ccc(F)cc3)cc2)c1=O. The molecule has 8 heteroatoms. The first-order valence-electron chi connectivity index (χ1n) is 10.3. The number of hydrogen-bond acceptors (Lipinski definition) is 4. The van der Waals surface area contributed by atoms with Crippen LogP contribution < -0.4 is 11.2 Å². The topological polar surface area (TPSA) is 102 Å². The molecule has 0 amide bonds. The number of hydrogen-bond donors (Lipinski definition) is 2. The highest BCUT2D eigenvalue weighted by molar-refractivity contribution is 5.70. The zero-order valence-corrected chi connectivity index (χ0v) is 17.6. The number of benzene rings is 2. The van der Waals surface area contributed by atoms with Gasteiger partial charge in [0.1, 0.15) is 5.82 Å². The maximum Gasteiger partial charge on any atom is 0.330 e. The number of carboxylic acid groups (broad SMARTS) is 1. The van der Waals surface area contributed by atoms with Gasteiger partial charge in [-0.25, -0.2) is 9.18 Å². The van der Waals surface area contributed by atoms with Gasteiger partial charge in [-0.15, -0.1) is 0 Å². The molecule has 32 heavy (non-hydrogen) atoms. The van der Waals surface area contributed by atoms with Gasteiger partial charge in [-0.2, -0.15) is 0 Å². The van der Waals surface area contributed by atoms with E-state index in [1.165, 1.54) is 36.0 Å². The number of aryl methyl sites for hydroxylation is 2. The summed E-state index contributed by atoms with van der Waals surface area (Å²) < 4.78 is 15.3. The number of rotatable bonds is 9. The normalized spacial score (nSPS) is 13.0. The number of nitrogens with zero attached hydrogens (tertiary/aromatic N) is 2. The lowest BCUT2D eigenvalue weighted by Gasteiger charge is -2.19. The van der Waals surface area contributed by atoms with Gasteiger partial charge in [0.05, 0.1) is 12.0 Å². The first-order valence-corrected chi connectivity index (χ1v) is 10.3. The van der Waals surface area contributed by atoms with Crippen LogP contribution in [-0.4, -0.2) is 31.4 Å². The Morgan fingerprint density at radius 3 is 2.16 bits per heavy atom. The summed E-state index contributed by atoms with van der Waals surface area (Å²) in [5.74, 6) is -2.58. The summed E-state index contributed by atoms with van der Waals surface area (Å²) in [5, 5.41) is 20.0. The molecular weight excluding hydrogens is 415 g/mol. The van der Waals surface area contributed by atoms with Crippen molar-refractivity contribution >= 4 is 5.97 Å². The molecule has 1 aromatic heterocycles. The van der Waals surface area contributed by atoms with Crippen LogP contribution in [0, 0.1) is 11.7 Å². The Balaban J connectivity index is 1.61. The molecule has 2 aromatic carbocycles. The number of aromatic nitrogens is 2. The van der Waals surface area contributed by atoms with E-state index in [-0.39, 0.29) is 25.2 Å². The van der Waals surface area contributed by atoms with Gasteiger partial charge in [0.2, 0.25) is 0 Å². The standard InChI is InChI=1S/C24H25FN2O5/c1-26-14-13-22(29)27(24(26)32)15-12-20(23(30)31)21(28)11-4-16-2-5-17(6-3-16)18-7-9-19(25)10-8-18/h2-3,5-10,13-14,20-21,28H,4,11-12,15H2,1H3,(H,30,31). The summed E-state index contributed by atoms with van der Waals surface area (Å²) in [7, 11) is 1.50. The Kier molecular flexibility index (Phi) is 7.37. The van der Waals surface area contributed by atoms with Crippen LogP contribution >= 0.6 is 0 Å². The number of aliphatic carboxylic acids is 1. The second-order valence-electron chi connectivity index (χ2n) is 7.74. The van der Waals surface area contributed by atoms with Crippen molar-refractivity contribution in [1.82, 2.24) is 9.13 Å². The quantitative estimate of drug-likeness (QED) is 0.532. The van der Waals surface area contributed by atoms with Crippen molar-refractivity contribution in [3.63, 3.8) is 0 Å². The van der Waals surface area contributed by atoms with Gasteiger partial charge in [0, 0.05) is 25.9 Å². The van der Waals surface area contributed by atoms with Crippen LogP contribution in [0.25, 0.3) is 11.1 Å². The maximum absolute atomic E-state index is 13.1. The third-order valence-electron chi connectivity index (χ3n) is 5.55. The van der Waals surface area contributed by atoms with E-state index in [1.54, 1.807) is 12.1 Å². The van der Waals surface area contributed by atoms with Crippen molar-refractivity contribution in [3.05, 3.63) is 93.0 Å². The predicted octanol–water partition coefficient (Wildman–Crippen LogP) is 2.44. The van der Waals surface area contributed by atoms with Crippen LogP contribution in [-0.2, 0) is 24.8 Å². The minimum absolute atomic E-state index is 0.0425. The number of aliphatic hydroxyl groups is 1. The molecule has 0 fully saturated rings. The molecule has 2 atom stereocenters. The lowest BCUT2D eigenvalue weighted by Crippen LogP contribution is -2.39. The van der Waals surface area contributed by atoms with Crippen LogP contribution in [0.5, 0.6) is 0 Å². The molecule has 0 spiro atoms. The molecule has 3 rings (SSSR count). The summed E-state index contributed by atoms with van der Waals surface area (Å²) in [6.07, 6.45) is 0.856. The van der Waals surface area contributed by atoms with E-state index in [0.717, 1.165) is 21.3 Å². The zero-order valence-electron chi connectivity index (χ0n) is 17.6. The highest BCUT2D eigenvalue weighted by Gasteiger charge is 2.26. The molecule has 7 nitrogen and oxygen atoms in total. The van der Waals surface area contributed by atoms with Crippen LogP contribution in [0.15, 0.2) is 70.4 Å². The Hall–Kier alpha value is -3.52. The van der Waals surface area contributed by atoms with Crippen LogP contribution in [0.1, 0.15) is 18.4 Å². The fourth-order valence-corrected chi connectivity index (χ4v) is 3.59. The molecule has 2 unspecified atom stereocenters. The largest absolute Gasteiger partial charge is 0.481 e. The van der Waals surface area contributed by atoms with Crippen molar-refractivity contribution in [3.8, 4) is 11.1 Å². The van der Waals surface area contributed by atoms with Crippen molar-refractivity contribution < 1.29 is 19.4 Å². The average molecular weight is 440 g/mol.